The molecule has 1 aliphatic rings. The molecule has 0 spiro atoms. The topological polar surface area (TPSA) is 52.6 Å². The van der Waals surface area contributed by atoms with Crippen molar-refractivity contribution in [2.45, 2.75) is 58.2 Å². The number of likely N-dealkylation sites (tertiary alicyclic amines) is 1. The molecule has 2 N–H and O–H groups in total. The fourth-order valence-electron chi connectivity index (χ4n) is 1.94. The lowest BCUT2D eigenvalue weighted by Gasteiger charge is -2.25. The summed E-state index contributed by atoms with van der Waals surface area (Å²) in [6.07, 6.45) is 1.68. The van der Waals surface area contributed by atoms with Gasteiger partial charge in [0.15, 0.2) is 0 Å². The van der Waals surface area contributed by atoms with Gasteiger partial charge in [-0.15, -0.1) is 0 Å². The SMILES string of the molecule is CCC(C)NC(=O)C(C)N1CCC(C)(O)C1. The molecule has 0 aromatic carbocycles. The van der Waals surface area contributed by atoms with E-state index in [1.807, 2.05) is 25.7 Å². The lowest BCUT2D eigenvalue weighted by atomic mass is 10.1. The summed E-state index contributed by atoms with van der Waals surface area (Å²) in [6, 6.07) is 0.0704. The molecule has 4 nitrogen and oxygen atoms in total. The van der Waals surface area contributed by atoms with Gasteiger partial charge in [0, 0.05) is 19.1 Å². The van der Waals surface area contributed by atoms with Crippen LogP contribution in [0.3, 0.4) is 0 Å². The second-order valence-corrected chi connectivity index (χ2v) is 5.21. The van der Waals surface area contributed by atoms with Crippen molar-refractivity contribution in [2.24, 2.45) is 0 Å². The third kappa shape index (κ3) is 3.46. The molecule has 0 radical (unpaired) electrons. The minimum atomic E-state index is -0.634. The van der Waals surface area contributed by atoms with Gasteiger partial charge in [0.1, 0.15) is 0 Å². The highest BCUT2D eigenvalue weighted by Crippen LogP contribution is 2.22. The molecule has 16 heavy (non-hydrogen) atoms. The fraction of sp³-hybridized carbons (Fsp3) is 0.917. The molecular formula is C12H24N2O2. The molecule has 1 fully saturated rings. The molecule has 0 saturated carbocycles. The molecule has 4 heteroatoms. The number of aliphatic hydroxyl groups is 1. The predicted molar refractivity (Wildman–Crippen MR) is 64.2 cm³/mol. The van der Waals surface area contributed by atoms with Crippen LogP contribution in [0, 0.1) is 0 Å². The number of β-amino-alcohol motifs (C(OH)–C–C–N with tert-alkyl or cyclic N) is 1. The van der Waals surface area contributed by atoms with Gasteiger partial charge >= 0.3 is 0 Å². The Balaban J connectivity index is 2.46. The Kier molecular flexibility index (Phi) is 4.33. The number of amides is 1. The van der Waals surface area contributed by atoms with E-state index in [2.05, 4.69) is 12.2 Å². The van der Waals surface area contributed by atoms with Crippen molar-refractivity contribution in [2.75, 3.05) is 13.1 Å². The van der Waals surface area contributed by atoms with E-state index in [0.29, 0.717) is 6.54 Å². The summed E-state index contributed by atoms with van der Waals surface area (Å²) in [6.45, 7) is 9.16. The van der Waals surface area contributed by atoms with Crippen molar-refractivity contribution in [1.29, 1.82) is 0 Å². The number of hydrogen-bond donors (Lipinski definition) is 2. The van der Waals surface area contributed by atoms with E-state index in [-0.39, 0.29) is 18.0 Å². The standard InChI is InChI=1S/C12H24N2O2/c1-5-9(2)13-11(15)10(3)14-7-6-12(4,16)8-14/h9-10,16H,5-8H2,1-4H3,(H,13,15). The summed E-state index contributed by atoms with van der Waals surface area (Å²) in [5.74, 6) is 0.0621. The van der Waals surface area contributed by atoms with Crippen LogP contribution in [0.25, 0.3) is 0 Å². The van der Waals surface area contributed by atoms with Crippen LogP contribution in [0.2, 0.25) is 0 Å². The molecule has 0 aliphatic carbocycles. The molecule has 1 rings (SSSR count). The van der Waals surface area contributed by atoms with Gasteiger partial charge < -0.3 is 10.4 Å². The average Bonchev–Trinajstić information content (AvgIpc) is 2.57. The first-order valence-corrected chi connectivity index (χ1v) is 6.12. The van der Waals surface area contributed by atoms with Gasteiger partial charge in [0.05, 0.1) is 11.6 Å². The van der Waals surface area contributed by atoms with Crippen molar-refractivity contribution >= 4 is 5.91 Å². The zero-order valence-corrected chi connectivity index (χ0v) is 10.8. The van der Waals surface area contributed by atoms with Crippen LogP contribution in [-0.4, -0.2) is 46.7 Å². The molecule has 1 heterocycles. The summed E-state index contributed by atoms with van der Waals surface area (Å²) in [4.78, 5) is 13.9. The zero-order valence-electron chi connectivity index (χ0n) is 10.8. The number of nitrogens with one attached hydrogen (secondary N) is 1. The van der Waals surface area contributed by atoms with E-state index >= 15 is 0 Å². The molecule has 1 saturated heterocycles. The van der Waals surface area contributed by atoms with Gasteiger partial charge in [-0.3, -0.25) is 9.69 Å². The van der Waals surface area contributed by atoms with Gasteiger partial charge in [-0.05, 0) is 33.6 Å². The van der Waals surface area contributed by atoms with E-state index in [1.54, 1.807) is 0 Å². The van der Waals surface area contributed by atoms with E-state index < -0.39 is 5.60 Å². The third-order valence-corrected chi connectivity index (χ3v) is 3.41. The summed E-state index contributed by atoms with van der Waals surface area (Å²) in [7, 11) is 0. The van der Waals surface area contributed by atoms with Crippen LogP contribution in [0.1, 0.15) is 40.5 Å². The van der Waals surface area contributed by atoms with E-state index in [9.17, 15) is 9.90 Å². The Bertz CT molecular complexity index is 253. The minimum Gasteiger partial charge on any atom is -0.389 e. The van der Waals surface area contributed by atoms with Gasteiger partial charge in [0.25, 0.3) is 0 Å². The van der Waals surface area contributed by atoms with Crippen LogP contribution >= 0.6 is 0 Å². The van der Waals surface area contributed by atoms with Crippen molar-refractivity contribution in [3.05, 3.63) is 0 Å². The second-order valence-electron chi connectivity index (χ2n) is 5.21. The lowest BCUT2D eigenvalue weighted by Crippen LogP contribution is -2.47. The highest BCUT2D eigenvalue weighted by atomic mass is 16.3. The summed E-state index contributed by atoms with van der Waals surface area (Å²) < 4.78 is 0. The smallest absolute Gasteiger partial charge is 0.237 e. The fourth-order valence-corrected chi connectivity index (χ4v) is 1.94. The van der Waals surface area contributed by atoms with Crippen molar-refractivity contribution < 1.29 is 9.90 Å². The van der Waals surface area contributed by atoms with Gasteiger partial charge in [-0.2, -0.15) is 0 Å². The van der Waals surface area contributed by atoms with Gasteiger partial charge in [-0.25, -0.2) is 0 Å². The first kappa shape index (κ1) is 13.5. The molecular weight excluding hydrogens is 204 g/mol. The average molecular weight is 228 g/mol. The maximum absolute atomic E-state index is 11.9. The first-order valence-electron chi connectivity index (χ1n) is 6.12. The largest absolute Gasteiger partial charge is 0.389 e. The number of rotatable bonds is 4. The predicted octanol–water partition coefficient (Wildman–Crippen LogP) is 0.746. The number of nitrogens with zero attached hydrogens (tertiary/aromatic N) is 1. The van der Waals surface area contributed by atoms with Crippen LogP contribution in [0.5, 0.6) is 0 Å². The Labute approximate surface area is 98.0 Å². The Hall–Kier alpha value is -0.610. The second kappa shape index (κ2) is 5.15. The first-order chi connectivity index (χ1) is 7.35. The molecule has 3 unspecified atom stereocenters. The Morgan fingerprint density at radius 1 is 1.56 bits per heavy atom. The highest BCUT2D eigenvalue weighted by Gasteiger charge is 2.35. The van der Waals surface area contributed by atoms with Gasteiger partial charge in [-0.1, -0.05) is 6.92 Å². The van der Waals surface area contributed by atoms with Crippen LogP contribution < -0.4 is 5.32 Å². The van der Waals surface area contributed by atoms with Crippen molar-refractivity contribution in [3.8, 4) is 0 Å². The number of hydrogen-bond acceptors (Lipinski definition) is 3. The number of carbonyl (C=O) groups is 1. The molecule has 1 aliphatic heterocycles. The molecule has 0 aromatic heterocycles. The van der Waals surface area contributed by atoms with E-state index in [1.165, 1.54) is 0 Å². The van der Waals surface area contributed by atoms with Crippen LogP contribution in [0.4, 0.5) is 0 Å². The Morgan fingerprint density at radius 2 is 2.19 bits per heavy atom. The van der Waals surface area contributed by atoms with Gasteiger partial charge in [0.2, 0.25) is 5.91 Å². The lowest BCUT2D eigenvalue weighted by molar-refractivity contribution is -0.126. The number of carbonyl (C=O) groups excluding carboxylic acids is 1. The summed E-state index contributed by atoms with van der Waals surface area (Å²) in [5.41, 5.74) is -0.634. The minimum absolute atomic E-state index is 0.0621. The monoisotopic (exact) mass is 228 g/mol. The normalized spacial score (nSPS) is 30.1. The van der Waals surface area contributed by atoms with Crippen LogP contribution in [0.15, 0.2) is 0 Å². The summed E-state index contributed by atoms with van der Waals surface area (Å²) >= 11 is 0. The van der Waals surface area contributed by atoms with Crippen molar-refractivity contribution in [3.63, 3.8) is 0 Å². The van der Waals surface area contributed by atoms with E-state index in [0.717, 1.165) is 19.4 Å². The maximum Gasteiger partial charge on any atom is 0.237 e. The zero-order chi connectivity index (χ0) is 12.3. The highest BCUT2D eigenvalue weighted by molar-refractivity contribution is 5.81. The maximum atomic E-state index is 11.9. The quantitative estimate of drug-likeness (QED) is 0.746. The summed E-state index contributed by atoms with van der Waals surface area (Å²) in [5, 5.41) is 12.8. The molecule has 3 atom stereocenters. The third-order valence-electron chi connectivity index (χ3n) is 3.41. The molecule has 1 amide bonds. The van der Waals surface area contributed by atoms with E-state index in [4.69, 9.17) is 0 Å². The molecule has 0 aromatic rings. The Morgan fingerprint density at radius 3 is 2.62 bits per heavy atom. The molecule has 94 valence electrons. The molecule has 0 bridgehead atoms. The van der Waals surface area contributed by atoms with Crippen molar-refractivity contribution in [1.82, 2.24) is 10.2 Å². The van der Waals surface area contributed by atoms with Crippen LogP contribution in [-0.2, 0) is 4.79 Å².